The van der Waals surface area contributed by atoms with E-state index >= 15 is 0 Å². The van der Waals surface area contributed by atoms with Crippen LogP contribution in [0.4, 0.5) is 4.79 Å². The minimum absolute atomic E-state index is 0.0559. The molecule has 1 aliphatic carbocycles. The standard InChI is InChI=1S/C35H48N6O7/c1-4-6-19-47-35(46)40-17-15-39(16-18-40)34(45)26(5-2)38-32(43)28-21-30(25-13-12-23(3)20-27(25)37-28)48-22-31(42)41-14-8-11-29(41)33(44)36-24-9-7-10-24/h12-13,20-21,24,26,29H,4-11,14-19,22H2,1-3H3,(H,36,44)(H,38,43). The molecule has 5 amide bonds. The van der Waals surface area contributed by atoms with Gasteiger partial charge in [-0.25, -0.2) is 9.78 Å². The van der Waals surface area contributed by atoms with Crippen molar-refractivity contribution in [1.29, 1.82) is 0 Å². The van der Waals surface area contributed by atoms with Crippen LogP contribution in [0.1, 0.15) is 81.3 Å². The number of aryl methyl sites for hydroxylation is 1. The van der Waals surface area contributed by atoms with E-state index in [1.54, 1.807) is 14.7 Å². The SMILES string of the molecule is CCCCOC(=O)N1CCN(C(=O)C(CC)NC(=O)c2cc(OCC(=O)N3CCCC3C(=O)NC3CCC3)c3ccc(C)cc3n2)CC1. The van der Waals surface area contributed by atoms with Crippen LogP contribution < -0.4 is 15.4 Å². The Hall–Kier alpha value is -4.42. The molecule has 2 atom stereocenters. The molecule has 48 heavy (non-hydrogen) atoms. The van der Waals surface area contributed by atoms with Gasteiger partial charge in [0.15, 0.2) is 6.61 Å². The Morgan fingerprint density at radius 1 is 0.958 bits per heavy atom. The van der Waals surface area contributed by atoms with Gasteiger partial charge in [0.2, 0.25) is 11.8 Å². The number of carbonyl (C=O) groups is 5. The van der Waals surface area contributed by atoms with Gasteiger partial charge in [0.1, 0.15) is 23.5 Å². The second-order valence-electron chi connectivity index (χ2n) is 12.9. The Morgan fingerprint density at radius 3 is 2.40 bits per heavy atom. The predicted molar refractivity (Wildman–Crippen MR) is 178 cm³/mol. The molecule has 0 spiro atoms. The fraction of sp³-hybridized carbons (Fsp3) is 0.600. The highest BCUT2D eigenvalue weighted by Crippen LogP contribution is 2.28. The Labute approximate surface area is 281 Å². The molecule has 3 fully saturated rings. The molecule has 2 N–H and O–H groups in total. The molecule has 2 aromatic rings. The van der Waals surface area contributed by atoms with E-state index in [4.69, 9.17) is 9.47 Å². The van der Waals surface area contributed by atoms with Gasteiger partial charge in [0.25, 0.3) is 11.8 Å². The summed E-state index contributed by atoms with van der Waals surface area (Å²) in [4.78, 5) is 74.8. The number of carbonyl (C=O) groups excluding carboxylic acids is 5. The molecule has 2 aliphatic heterocycles. The molecule has 13 heteroatoms. The van der Waals surface area contributed by atoms with Crippen LogP contribution in [0.5, 0.6) is 5.75 Å². The lowest BCUT2D eigenvalue weighted by atomic mass is 9.93. The molecule has 2 unspecified atom stereocenters. The molecule has 3 heterocycles. The van der Waals surface area contributed by atoms with Crippen LogP contribution in [-0.4, -0.2) is 113 Å². The van der Waals surface area contributed by atoms with Crippen LogP contribution in [0.2, 0.25) is 0 Å². The number of unbranched alkanes of at least 4 members (excludes halogenated alkanes) is 1. The average molecular weight is 665 g/mol. The molecule has 260 valence electrons. The number of benzene rings is 1. The lowest BCUT2D eigenvalue weighted by molar-refractivity contribution is -0.140. The predicted octanol–water partition coefficient (Wildman–Crippen LogP) is 3.17. The fourth-order valence-corrected chi connectivity index (χ4v) is 6.25. The van der Waals surface area contributed by atoms with E-state index in [0.717, 1.165) is 44.1 Å². The zero-order valence-corrected chi connectivity index (χ0v) is 28.3. The second kappa shape index (κ2) is 16.1. The average Bonchev–Trinajstić information content (AvgIpc) is 3.57. The molecule has 1 aromatic heterocycles. The van der Waals surface area contributed by atoms with Crippen molar-refractivity contribution >= 4 is 40.6 Å². The number of rotatable bonds is 12. The quantitative estimate of drug-likeness (QED) is 0.329. The summed E-state index contributed by atoms with van der Waals surface area (Å²) in [7, 11) is 0. The number of piperazine rings is 1. The van der Waals surface area contributed by atoms with Crippen molar-refractivity contribution in [3.63, 3.8) is 0 Å². The van der Waals surface area contributed by atoms with Crippen molar-refractivity contribution in [2.24, 2.45) is 0 Å². The number of ether oxygens (including phenoxy) is 2. The number of pyridine rings is 1. The third-order valence-corrected chi connectivity index (χ3v) is 9.42. The molecule has 0 radical (unpaired) electrons. The molecule has 13 nitrogen and oxygen atoms in total. The monoisotopic (exact) mass is 664 g/mol. The van der Waals surface area contributed by atoms with Crippen LogP contribution in [-0.2, 0) is 19.1 Å². The molecular formula is C35H48N6O7. The topological polar surface area (TPSA) is 150 Å². The van der Waals surface area contributed by atoms with Gasteiger partial charge in [-0.1, -0.05) is 26.3 Å². The first-order chi connectivity index (χ1) is 23.2. The van der Waals surface area contributed by atoms with Crippen LogP contribution >= 0.6 is 0 Å². The lowest BCUT2D eigenvalue weighted by Crippen LogP contribution is -2.55. The highest BCUT2D eigenvalue weighted by Gasteiger charge is 2.36. The number of nitrogens with zero attached hydrogens (tertiary/aromatic N) is 4. The highest BCUT2D eigenvalue weighted by atomic mass is 16.6. The minimum atomic E-state index is -0.792. The lowest BCUT2D eigenvalue weighted by Gasteiger charge is -2.35. The van der Waals surface area contributed by atoms with Gasteiger partial charge < -0.3 is 34.8 Å². The first kappa shape index (κ1) is 34.9. The normalized spacial score (nSPS) is 18.6. The third kappa shape index (κ3) is 8.35. The number of hydrogen-bond donors (Lipinski definition) is 2. The zero-order chi connectivity index (χ0) is 34.2. The van der Waals surface area contributed by atoms with E-state index in [1.807, 2.05) is 39.0 Å². The van der Waals surface area contributed by atoms with E-state index < -0.39 is 18.0 Å². The summed E-state index contributed by atoms with van der Waals surface area (Å²) < 4.78 is 11.3. The highest BCUT2D eigenvalue weighted by molar-refractivity contribution is 5.99. The number of likely N-dealkylation sites (tertiary alicyclic amines) is 1. The summed E-state index contributed by atoms with van der Waals surface area (Å²) in [5.41, 5.74) is 1.51. The van der Waals surface area contributed by atoms with E-state index in [0.29, 0.717) is 68.8 Å². The molecule has 0 bridgehead atoms. The second-order valence-corrected chi connectivity index (χ2v) is 12.9. The Morgan fingerprint density at radius 2 is 1.71 bits per heavy atom. The number of nitrogens with one attached hydrogen (secondary N) is 2. The van der Waals surface area contributed by atoms with Gasteiger partial charge in [0, 0.05) is 50.2 Å². The maximum absolute atomic E-state index is 13.5. The van der Waals surface area contributed by atoms with Gasteiger partial charge in [-0.05, 0) is 69.6 Å². The zero-order valence-electron chi connectivity index (χ0n) is 28.3. The molecule has 1 aromatic carbocycles. The van der Waals surface area contributed by atoms with Crippen molar-refractivity contribution in [2.75, 3.05) is 45.9 Å². The maximum Gasteiger partial charge on any atom is 0.409 e. The van der Waals surface area contributed by atoms with Crippen molar-refractivity contribution < 1.29 is 33.4 Å². The first-order valence-electron chi connectivity index (χ1n) is 17.3. The van der Waals surface area contributed by atoms with Gasteiger partial charge in [-0.3, -0.25) is 19.2 Å². The van der Waals surface area contributed by atoms with E-state index in [-0.39, 0.29) is 42.2 Å². The maximum atomic E-state index is 13.5. The summed E-state index contributed by atoms with van der Waals surface area (Å²) in [6, 6.07) is 5.95. The van der Waals surface area contributed by atoms with Crippen molar-refractivity contribution in [1.82, 2.24) is 30.3 Å². The van der Waals surface area contributed by atoms with E-state index in [9.17, 15) is 24.0 Å². The number of hydrogen-bond acceptors (Lipinski definition) is 8. The first-order valence-corrected chi connectivity index (χ1v) is 17.3. The van der Waals surface area contributed by atoms with Crippen LogP contribution in [0, 0.1) is 6.92 Å². The van der Waals surface area contributed by atoms with Crippen LogP contribution in [0.25, 0.3) is 10.9 Å². The molecule has 1 saturated carbocycles. The molecular weight excluding hydrogens is 616 g/mol. The summed E-state index contributed by atoms with van der Waals surface area (Å²) in [5, 5.41) is 6.53. The van der Waals surface area contributed by atoms with Crippen molar-refractivity contribution in [2.45, 2.75) is 90.3 Å². The van der Waals surface area contributed by atoms with Gasteiger partial charge in [-0.15, -0.1) is 0 Å². The van der Waals surface area contributed by atoms with Gasteiger partial charge in [-0.2, -0.15) is 0 Å². The number of aromatic nitrogens is 1. The van der Waals surface area contributed by atoms with Crippen LogP contribution in [0.3, 0.4) is 0 Å². The third-order valence-electron chi connectivity index (χ3n) is 9.42. The largest absolute Gasteiger partial charge is 0.483 e. The number of amides is 5. The van der Waals surface area contributed by atoms with E-state index in [1.165, 1.54) is 6.07 Å². The Bertz CT molecular complexity index is 1500. The van der Waals surface area contributed by atoms with Crippen molar-refractivity contribution in [3.05, 3.63) is 35.5 Å². The number of fused-ring (bicyclic) bond motifs is 1. The van der Waals surface area contributed by atoms with Crippen LogP contribution in [0.15, 0.2) is 24.3 Å². The molecule has 3 aliphatic rings. The minimum Gasteiger partial charge on any atom is -0.483 e. The fourth-order valence-electron chi connectivity index (χ4n) is 6.25. The van der Waals surface area contributed by atoms with Gasteiger partial charge >= 0.3 is 6.09 Å². The summed E-state index contributed by atoms with van der Waals surface area (Å²) >= 11 is 0. The summed E-state index contributed by atoms with van der Waals surface area (Å²) in [6.45, 7) is 7.72. The molecule has 2 saturated heterocycles. The summed E-state index contributed by atoms with van der Waals surface area (Å²) in [6.07, 6.45) is 6.14. The Kier molecular flexibility index (Phi) is 11.7. The smallest absolute Gasteiger partial charge is 0.409 e. The van der Waals surface area contributed by atoms with Crippen molar-refractivity contribution in [3.8, 4) is 5.75 Å². The summed E-state index contributed by atoms with van der Waals surface area (Å²) in [5.74, 6) is -0.865. The van der Waals surface area contributed by atoms with E-state index in [2.05, 4.69) is 15.6 Å². The molecule has 5 rings (SSSR count). The Balaban J connectivity index is 1.23. The van der Waals surface area contributed by atoms with Gasteiger partial charge in [0.05, 0.1) is 12.1 Å².